The number of likely N-dealkylation sites (tertiary alicyclic amines) is 1. The number of hydrogen-bond acceptors (Lipinski definition) is 4. The number of phenols is 1. The molecular weight excluding hydrogens is 581 g/mol. The third kappa shape index (κ3) is 7.37. The maximum atomic E-state index is 14.6. The molecule has 1 aliphatic heterocycles. The number of piperidine rings is 1. The minimum atomic E-state index is -3.18. The van der Waals surface area contributed by atoms with Crippen molar-refractivity contribution in [3.63, 3.8) is 0 Å². The first-order chi connectivity index (χ1) is 24.0. The van der Waals surface area contributed by atoms with Crippen molar-refractivity contribution in [2.75, 3.05) is 33.6 Å². The van der Waals surface area contributed by atoms with Crippen molar-refractivity contribution in [1.29, 1.82) is 0 Å². The summed E-state index contributed by atoms with van der Waals surface area (Å²) in [5.74, 6) is -6.98. The number of nitrogens with zero attached hydrogens (tertiary/aromatic N) is 2. The van der Waals surface area contributed by atoms with E-state index in [0.717, 1.165) is 0 Å². The number of phenolic OH excluding ortho intramolecular Hbond substituents is 1. The Bertz CT molecular complexity index is 1860. The molecule has 5 rings (SSSR count). The van der Waals surface area contributed by atoms with Crippen LogP contribution in [-0.2, 0) is 28.1 Å². The monoisotopic (exact) mass is 623 g/mol. The molecule has 2 atom stereocenters. The van der Waals surface area contributed by atoms with Crippen molar-refractivity contribution >= 4 is 11.9 Å². The molecule has 0 aromatic heterocycles. The van der Waals surface area contributed by atoms with Crippen LogP contribution in [0.1, 0.15) is 41.7 Å². The number of carbonyl (C=O) groups is 2. The van der Waals surface area contributed by atoms with E-state index < -0.39 is 84.4 Å². The molecular formula is C36H36F3N2O4+. The molecule has 234 valence electrons. The van der Waals surface area contributed by atoms with Gasteiger partial charge in [0.2, 0.25) is 5.91 Å². The van der Waals surface area contributed by atoms with E-state index in [1.54, 1.807) is 54.6 Å². The summed E-state index contributed by atoms with van der Waals surface area (Å²) in [5, 5.41) is 10.6. The summed E-state index contributed by atoms with van der Waals surface area (Å²) in [6.07, 6.45) is -0.889. The fraction of sp³-hybridized carbons (Fsp3) is 0.278. The van der Waals surface area contributed by atoms with Gasteiger partial charge in [-0.15, -0.1) is 0 Å². The molecule has 1 amide bonds. The average Bonchev–Trinajstić information content (AvgIpc) is 3.07. The predicted octanol–water partition coefficient (Wildman–Crippen LogP) is 6.23. The Balaban J connectivity index is 1.67. The van der Waals surface area contributed by atoms with Crippen LogP contribution in [0.4, 0.5) is 13.2 Å². The first-order valence-electron chi connectivity index (χ1n) is 17.4. The quantitative estimate of drug-likeness (QED) is 0.136. The first-order valence-corrected chi connectivity index (χ1v) is 14.4. The number of quaternary nitrogens is 1. The highest BCUT2D eigenvalue weighted by Crippen LogP contribution is 2.44. The molecule has 0 saturated carbocycles. The molecule has 0 radical (unpaired) electrons. The lowest BCUT2D eigenvalue weighted by Crippen LogP contribution is -2.59. The lowest BCUT2D eigenvalue weighted by atomic mass is 9.74. The Kier molecular flexibility index (Phi) is 7.21. The van der Waals surface area contributed by atoms with E-state index >= 15 is 0 Å². The van der Waals surface area contributed by atoms with Crippen LogP contribution in [-0.4, -0.2) is 60.0 Å². The van der Waals surface area contributed by atoms with Crippen molar-refractivity contribution in [2.24, 2.45) is 5.92 Å². The highest BCUT2D eigenvalue weighted by Gasteiger charge is 2.51. The Morgan fingerprint density at radius 3 is 2.31 bits per heavy atom. The molecule has 1 aliphatic rings. The number of esters is 1. The Morgan fingerprint density at radius 1 is 0.933 bits per heavy atom. The van der Waals surface area contributed by atoms with Gasteiger partial charge in [-0.05, 0) is 35.9 Å². The van der Waals surface area contributed by atoms with Crippen LogP contribution in [0, 0.1) is 23.4 Å². The molecule has 1 N–H and O–H groups in total. The smallest absolute Gasteiger partial charge is 0.339 e. The number of amides is 1. The van der Waals surface area contributed by atoms with Gasteiger partial charge in [0.1, 0.15) is 23.7 Å². The van der Waals surface area contributed by atoms with Gasteiger partial charge in [-0.2, -0.15) is 0 Å². The maximum Gasteiger partial charge on any atom is 0.339 e. The molecule has 4 aromatic rings. The number of carbonyl (C=O) groups excluding carboxylic acids is 2. The minimum Gasteiger partial charge on any atom is -0.508 e. The molecule has 0 spiro atoms. The van der Waals surface area contributed by atoms with E-state index in [4.69, 9.17) is 13.0 Å². The molecule has 4 aromatic carbocycles. The summed E-state index contributed by atoms with van der Waals surface area (Å²) in [6, 6.07) is 22.7. The Labute approximate surface area is 269 Å². The van der Waals surface area contributed by atoms with Crippen molar-refractivity contribution < 1.29 is 45.3 Å². The van der Waals surface area contributed by atoms with Gasteiger partial charge >= 0.3 is 5.97 Å². The lowest BCUT2D eigenvalue weighted by Gasteiger charge is -2.49. The fourth-order valence-corrected chi connectivity index (χ4v) is 5.89. The maximum absolute atomic E-state index is 14.6. The Hall–Kier alpha value is -4.63. The van der Waals surface area contributed by atoms with Gasteiger partial charge in [-0.3, -0.25) is 4.79 Å². The van der Waals surface area contributed by atoms with Crippen LogP contribution in [0.2, 0.25) is 0 Å². The van der Waals surface area contributed by atoms with Crippen LogP contribution in [0.3, 0.4) is 0 Å². The zero-order valence-corrected chi connectivity index (χ0v) is 24.3. The van der Waals surface area contributed by atoms with E-state index in [1.165, 1.54) is 35.2 Å². The Morgan fingerprint density at radius 2 is 1.62 bits per heavy atom. The number of benzene rings is 4. The van der Waals surface area contributed by atoms with Crippen LogP contribution in [0.5, 0.6) is 5.75 Å². The molecule has 1 fully saturated rings. The standard InChI is InChI=1S/C36H35F3N2O4/c1-41(2,23-25-10-5-3-6-11-25)24-29-22-40(34(43)19-27-18-32(38)33(39)21-31(27)37)17-16-36(29,28-14-9-15-30(42)20-28)45-35(44)26-12-7-4-8-13-26/h3-15,18,20-21,29H,16-17,19,22-24H2,1-2H3/p+1/t29-,36+/m0/s1/i1D3,2D3. The van der Waals surface area contributed by atoms with Crippen molar-refractivity contribution in [2.45, 2.75) is 25.0 Å². The van der Waals surface area contributed by atoms with Crippen molar-refractivity contribution in [3.8, 4) is 5.75 Å². The van der Waals surface area contributed by atoms with E-state index in [2.05, 4.69) is 0 Å². The summed E-state index contributed by atoms with van der Waals surface area (Å²) < 4.78 is 99.1. The normalized spacial score (nSPS) is 21.0. The molecule has 0 bridgehead atoms. The second kappa shape index (κ2) is 13.2. The number of aromatic hydroxyl groups is 1. The molecule has 9 heteroatoms. The highest BCUT2D eigenvalue weighted by atomic mass is 19.2. The van der Waals surface area contributed by atoms with Crippen LogP contribution in [0.25, 0.3) is 0 Å². The van der Waals surface area contributed by atoms with Gasteiger partial charge in [0.15, 0.2) is 11.6 Å². The number of halogens is 3. The minimum absolute atomic E-state index is 0.139. The van der Waals surface area contributed by atoms with E-state index in [0.29, 0.717) is 17.7 Å². The van der Waals surface area contributed by atoms with E-state index in [-0.39, 0.29) is 36.4 Å². The number of hydrogen-bond donors (Lipinski definition) is 1. The molecule has 0 unspecified atom stereocenters. The van der Waals surface area contributed by atoms with Crippen molar-refractivity contribution in [1.82, 2.24) is 4.90 Å². The zero-order valence-electron chi connectivity index (χ0n) is 30.3. The van der Waals surface area contributed by atoms with Gasteiger partial charge in [-0.25, -0.2) is 18.0 Å². The van der Waals surface area contributed by atoms with Gasteiger partial charge in [0.05, 0.1) is 46.6 Å². The number of rotatable bonds is 9. The molecule has 1 saturated heterocycles. The molecule has 45 heavy (non-hydrogen) atoms. The summed E-state index contributed by atoms with van der Waals surface area (Å²) in [6.45, 7) is -8.10. The van der Waals surface area contributed by atoms with E-state index in [9.17, 15) is 27.9 Å². The molecule has 6 nitrogen and oxygen atoms in total. The summed E-state index contributed by atoms with van der Waals surface area (Å²) >= 11 is 0. The van der Waals surface area contributed by atoms with E-state index in [1.807, 2.05) is 0 Å². The van der Waals surface area contributed by atoms with Gasteiger partial charge < -0.3 is 19.2 Å². The third-order valence-corrected chi connectivity index (χ3v) is 8.08. The zero-order chi connectivity index (χ0) is 37.2. The highest BCUT2D eigenvalue weighted by molar-refractivity contribution is 5.89. The van der Waals surface area contributed by atoms with Crippen molar-refractivity contribution in [3.05, 3.63) is 137 Å². The van der Waals surface area contributed by atoms with Gasteiger partial charge in [0.25, 0.3) is 0 Å². The molecule has 0 aliphatic carbocycles. The summed E-state index contributed by atoms with van der Waals surface area (Å²) in [7, 11) is 0. The predicted molar refractivity (Wildman–Crippen MR) is 163 cm³/mol. The van der Waals surface area contributed by atoms with Gasteiger partial charge in [-0.1, -0.05) is 60.7 Å². The van der Waals surface area contributed by atoms with Crippen LogP contribution >= 0.6 is 0 Å². The second-order valence-corrected chi connectivity index (χ2v) is 11.3. The van der Waals surface area contributed by atoms with Gasteiger partial charge in [0, 0.05) is 36.7 Å². The number of ether oxygens (including phenoxy) is 1. The second-order valence-electron chi connectivity index (χ2n) is 11.3. The average molecular weight is 624 g/mol. The lowest BCUT2D eigenvalue weighted by molar-refractivity contribution is -0.908. The van der Waals surface area contributed by atoms with Crippen LogP contribution in [0.15, 0.2) is 97.1 Å². The summed E-state index contributed by atoms with van der Waals surface area (Å²) in [5.41, 5.74) is -1.46. The fourth-order valence-electron chi connectivity index (χ4n) is 5.89. The van der Waals surface area contributed by atoms with Crippen LogP contribution < -0.4 is 0 Å². The summed E-state index contributed by atoms with van der Waals surface area (Å²) in [4.78, 5) is 28.8. The first kappa shape index (κ1) is 24.7. The molecule has 1 heterocycles. The largest absolute Gasteiger partial charge is 0.508 e. The third-order valence-electron chi connectivity index (χ3n) is 8.08. The topological polar surface area (TPSA) is 66.8 Å². The SMILES string of the molecule is [2H]C([2H])([2H])[N+](Cc1ccccc1)(C[C@@H]1CN(C(=O)Cc2cc(F)c(F)cc2F)CC[C@@]1(OC(=O)c1ccccc1)c1cccc(O)c1)C([2H])([2H])[2H].